The summed E-state index contributed by atoms with van der Waals surface area (Å²) in [6.45, 7) is 7.47. The molecule has 0 saturated heterocycles. The van der Waals surface area contributed by atoms with Gasteiger partial charge in [-0.1, -0.05) is 18.2 Å². The Morgan fingerprint density at radius 3 is 2.70 bits per heavy atom. The Hall–Kier alpha value is -1.82. The molecule has 1 aromatic carbocycles. The maximum atomic E-state index is 11.6. The smallest absolute Gasteiger partial charge is 0.407 e. The zero-order valence-corrected chi connectivity index (χ0v) is 14.8. The number of benzene rings is 1. The lowest BCUT2D eigenvalue weighted by Gasteiger charge is -2.31. The summed E-state index contributed by atoms with van der Waals surface area (Å²) < 4.78 is 5.19. The van der Waals surface area contributed by atoms with E-state index in [1.807, 2.05) is 26.8 Å². The predicted octanol–water partition coefficient (Wildman–Crippen LogP) is 2.84. The van der Waals surface area contributed by atoms with Gasteiger partial charge in [-0.3, -0.25) is 0 Å². The van der Waals surface area contributed by atoms with Crippen molar-refractivity contribution in [2.24, 2.45) is 0 Å². The van der Waals surface area contributed by atoms with Crippen LogP contribution < -0.4 is 15.5 Å². The molecule has 0 unspecified atom stereocenters. The number of carbonyl (C=O) groups is 1. The molecule has 0 bridgehead atoms. The van der Waals surface area contributed by atoms with Crippen LogP contribution in [0.1, 0.15) is 32.8 Å². The van der Waals surface area contributed by atoms with Crippen molar-refractivity contribution < 1.29 is 9.53 Å². The maximum Gasteiger partial charge on any atom is 0.407 e. The topological polar surface area (TPSA) is 53.6 Å². The quantitative estimate of drug-likeness (QED) is 0.657. The summed E-state index contributed by atoms with van der Waals surface area (Å²) in [6.07, 6.45) is 1.78. The van der Waals surface area contributed by atoms with Gasteiger partial charge in [0, 0.05) is 25.3 Å². The van der Waals surface area contributed by atoms with Gasteiger partial charge in [-0.25, -0.2) is 4.79 Å². The highest BCUT2D eigenvalue weighted by molar-refractivity contribution is 7.80. The van der Waals surface area contributed by atoms with E-state index in [9.17, 15) is 4.79 Å². The van der Waals surface area contributed by atoms with Crippen LogP contribution in [0, 0.1) is 0 Å². The Morgan fingerprint density at radius 1 is 1.26 bits per heavy atom. The first kappa shape index (κ1) is 17.5. The molecule has 126 valence electrons. The molecule has 0 spiro atoms. The number of alkyl carbamates (subject to hydrolysis) is 1. The van der Waals surface area contributed by atoms with Crippen molar-refractivity contribution in [1.29, 1.82) is 0 Å². The van der Waals surface area contributed by atoms with Gasteiger partial charge in [0.25, 0.3) is 0 Å². The first-order valence-electron chi connectivity index (χ1n) is 7.97. The summed E-state index contributed by atoms with van der Waals surface area (Å²) in [7, 11) is 0. The largest absolute Gasteiger partial charge is 0.444 e. The van der Waals surface area contributed by atoms with E-state index in [0.29, 0.717) is 18.2 Å². The normalized spacial score (nSPS) is 14.0. The average molecular weight is 335 g/mol. The highest BCUT2D eigenvalue weighted by atomic mass is 32.1. The number of rotatable bonds is 3. The highest BCUT2D eigenvalue weighted by Gasteiger charge is 2.19. The lowest BCUT2D eigenvalue weighted by atomic mass is 10.0. The standard InChI is InChI=1S/C17H25N3O2S/c1-17(2,3)22-16(21)19-11-10-18-15(23)20-12-6-8-13-7-4-5-9-14(13)20/h4-5,7,9H,6,8,10-12H2,1-3H3,(H,18,23)(H,19,21). The summed E-state index contributed by atoms with van der Waals surface area (Å²) in [4.78, 5) is 13.7. The van der Waals surface area contributed by atoms with E-state index in [0.717, 1.165) is 19.4 Å². The van der Waals surface area contributed by atoms with Gasteiger partial charge in [0.2, 0.25) is 0 Å². The molecule has 6 heteroatoms. The molecule has 23 heavy (non-hydrogen) atoms. The third kappa shape index (κ3) is 5.39. The number of aryl methyl sites for hydroxylation is 1. The summed E-state index contributed by atoms with van der Waals surface area (Å²) in [5, 5.41) is 6.61. The fourth-order valence-electron chi connectivity index (χ4n) is 2.49. The summed E-state index contributed by atoms with van der Waals surface area (Å²) in [6, 6.07) is 8.34. The molecule has 1 aromatic rings. The Balaban J connectivity index is 1.77. The van der Waals surface area contributed by atoms with Crippen molar-refractivity contribution in [3.8, 4) is 0 Å². The van der Waals surface area contributed by atoms with Crippen LogP contribution in [-0.2, 0) is 11.2 Å². The first-order valence-corrected chi connectivity index (χ1v) is 8.38. The van der Waals surface area contributed by atoms with E-state index in [2.05, 4.69) is 33.7 Å². The Bertz CT molecular complexity index is 569. The molecule has 0 aliphatic carbocycles. The maximum absolute atomic E-state index is 11.6. The van der Waals surface area contributed by atoms with Crippen LogP contribution in [0.2, 0.25) is 0 Å². The Morgan fingerprint density at radius 2 is 1.96 bits per heavy atom. The third-order valence-electron chi connectivity index (χ3n) is 3.42. The van der Waals surface area contributed by atoms with E-state index >= 15 is 0 Å². The summed E-state index contributed by atoms with van der Waals surface area (Å²) >= 11 is 5.49. The van der Waals surface area contributed by atoms with E-state index < -0.39 is 11.7 Å². The minimum Gasteiger partial charge on any atom is -0.444 e. The second-order valence-corrected chi connectivity index (χ2v) is 6.93. The molecule has 0 aromatic heterocycles. The van der Waals surface area contributed by atoms with Crippen molar-refractivity contribution in [1.82, 2.24) is 10.6 Å². The lowest BCUT2D eigenvalue weighted by Crippen LogP contribution is -2.45. The second kappa shape index (κ2) is 7.64. The van der Waals surface area contributed by atoms with Crippen LogP contribution in [0.15, 0.2) is 24.3 Å². The molecule has 0 fully saturated rings. The molecule has 2 N–H and O–H groups in total. The second-order valence-electron chi connectivity index (χ2n) is 6.54. The number of amides is 1. The fourth-order valence-corrected chi connectivity index (χ4v) is 2.78. The number of ether oxygens (including phenoxy) is 1. The van der Waals surface area contributed by atoms with E-state index in [-0.39, 0.29) is 0 Å². The lowest BCUT2D eigenvalue weighted by molar-refractivity contribution is 0.0529. The predicted molar refractivity (Wildman–Crippen MR) is 96.9 cm³/mol. The van der Waals surface area contributed by atoms with Gasteiger partial charge in [0.05, 0.1) is 0 Å². The number of thiocarbonyl (C=S) groups is 1. The number of para-hydroxylation sites is 1. The SMILES string of the molecule is CC(C)(C)OC(=O)NCCNC(=S)N1CCCc2ccccc21. The van der Waals surface area contributed by atoms with E-state index in [1.165, 1.54) is 11.3 Å². The molecule has 1 heterocycles. The van der Waals surface area contributed by atoms with Crippen molar-refractivity contribution in [3.05, 3.63) is 29.8 Å². The number of nitrogens with one attached hydrogen (secondary N) is 2. The Labute approximate surface area is 143 Å². The van der Waals surface area contributed by atoms with Gasteiger partial charge in [-0.15, -0.1) is 0 Å². The highest BCUT2D eigenvalue weighted by Crippen LogP contribution is 2.26. The first-order chi connectivity index (χ1) is 10.9. The van der Waals surface area contributed by atoms with E-state index in [4.69, 9.17) is 17.0 Å². The van der Waals surface area contributed by atoms with Crippen LogP contribution >= 0.6 is 12.2 Å². The third-order valence-corrected chi connectivity index (χ3v) is 3.79. The minimum atomic E-state index is -0.482. The zero-order chi connectivity index (χ0) is 16.9. The zero-order valence-electron chi connectivity index (χ0n) is 14.0. The number of anilines is 1. The van der Waals surface area contributed by atoms with E-state index in [1.54, 1.807) is 0 Å². The molecule has 1 amide bonds. The van der Waals surface area contributed by atoms with Gasteiger partial charge in [0.15, 0.2) is 5.11 Å². The fraction of sp³-hybridized carbons (Fsp3) is 0.529. The van der Waals surface area contributed by atoms with Crippen LogP contribution in [0.25, 0.3) is 0 Å². The van der Waals surface area contributed by atoms with Gasteiger partial charge in [0.1, 0.15) is 5.60 Å². The number of hydrogen-bond acceptors (Lipinski definition) is 3. The number of carbonyl (C=O) groups excluding carboxylic acids is 1. The van der Waals surface area contributed by atoms with Gasteiger partial charge >= 0.3 is 6.09 Å². The minimum absolute atomic E-state index is 0.409. The van der Waals surface area contributed by atoms with Crippen molar-refractivity contribution in [2.45, 2.75) is 39.2 Å². The molecule has 5 nitrogen and oxygen atoms in total. The molecular formula is C17H25N3O2S. The number of hydrogen-bond donors (Lipinski definition) is 2. The Kier molecular flexibility index (Phi) is 5.82. The molecular weight excluding hydrogens is 310 g/mol. The number of nitrogens with zero attached hydrogens (tertiary/aromatic N) is 1. The molecule has 1 aliphatic rings. The van der Waals surface area contributed by atoms with Crippen molar-refractivity contribution in [2.75, 3.05) is 24.5 Å². The van der Waals surface area contributed by atoms with Crippen LogP contribution in [0.5, 0.6) is 0 Å². The van der Waals surface area contributed by atoms with Gasteiger partial charge in [-0.05, 0) is 57.5 Å². The van der Waals surface area contributed by atoms with Gasteiger partial charge < -0.3 is 20.3 Å². The van der Waals surface area contributed by atoms with Crippen molar-refractivity contribution >= 4 is 29.1 Å². The van der Waals surface area contributed by atoms with Crippen LogP contribution in [-0.4, -0.2) is 36.4 Å². The molecule has 0 atom stereocenters. The van der Waals surface area contributed by atoms with Crippen LogP contribution in [0.3, 0.4) is 0 Å². The van der Waals surface area contributed by atoms with Crippen LogP contribution in [0.4, 0.5) is 10.5 Å². The molecule has 0 radical (unpaired) electrons. The number of fused-ring (bicyclic) bond motifs is 1. The summed E-state index contributed by atoms with van der Waals surface area (Å²) in [5.41, 5.74) is 2.02. The van der Waals surface area contributed by atoms with Gasteiger partial charge in [-0.2, -0.15) is 0 Å². The molecule has 2 rings (SSSR count). The molecule has 0 saturated carbocycles. The molecule has 1 aliphatic heterocycles. The monoisotopic (exact) mass is 335 g/mol. The van der Waals surface area contributed by atoms with Crippen molar-refractivity contribution in [3.63, 3.8) is 0 Å². The summed E-state index contributed by atoms with van der Waals surface area (Å²) in [5.74, 6) is 0. The average Bonchev–Trinajstić information content (AvgIpc) is 2.49.